The normalized spacial score (nSPS) is 13.6. The van der Waals surface area contributed by atoms with Crippen LogP contribution in [0.5, 0.6) is 11.5 Å². The van der Waals surface area contributed by atoms with E-state index in [0.717, 1.165) is 24.3 Å². The minimum absolute atomic E-state index is 0.562. The summed E-state index contributed by atoms with van der Waals surface area (Å²) in [7, 11) is 3.28. The molecule has 0 aliphatic carbocycles. The summed E-state index contributed by atoms with van der Waals surface area (Å²) in [4.78, 5) is 11.1. The van der Waals surface area contributed by atoms with Gasteiger partial charge in [0.2, 0.25) is 0 Å². The Labute approximate surface area is 119 Å². The lowest BCUT2D eigenvalue weighted by Crippen LogP contribution is -2.47. The highest BCUT2D eigenvalue weighted by molar-refractivity contribution is 5.78. The molecule has 112 valence electrons. The molecule has 0 saturated heterocycles. The van der Waals surface area contributed by atoms with Gasteiger partial charge < -0.3 is 19.9 Å². The summed E-state index contributed by atoms with van der Waals surface area (Å²) in [5, 5.41) is 12.0. The van der Waals surface area contributed by atoms with Crippen LogP contribution < -0.4 is 14.8 Å². The SMILES string of the molecule is CNC(C)(CCCCOc1cccc(OC)c1)C(=O)O. The van der Waals surface area contributed by atoms with Gasteiger partial charge in [-0.25, -0.2) is 0 Å². The topological polar surface area (TPSA) is 67.8 Å². The zero-order chi connectivity index (χ0) is 15.0. The van der Waals surface area contributed by atoms with E-state index in [2.05, 4.69) is 5.32 Å². The Morgan fingerprint density at radius 2 is 2.05 bits per heavy atom. The lowest BCUT2D eigenvalue weighted by atomic mass is 9.95. The minimum Gasteiger partial charge on any atom is -0.497 e. The van der Waals surface area contributed by atoms with Crippen molar-refractivity contribution < 1.29 is 19.4 Å². The number of nitrogens with one attached hydrogen (secondary N) is 1. The summed E-state index contributed by atoms with van der Waals surface area (Å²) in [6, 6.07) is 7.43. The molecule has 0 amide bonds. The highest BCUT2D eigenvalue weighted by Crippen LogP contribution is 2.19. The predicted octanol–water partition coefficient (Wildman–Crippen LogP) is 2.31. The first-order valence-electron chi connectivity index (χ1n) is 6.71. The van der Waals surface area contributed by atoms with E-state index < -0.39 is 11.5 Å². The maximum absolute atomic E-state index is 11.1. The molecule has 0 radical (unpaired) electrons. The lowest BCUT2D eigenvalue weighted by Gasteiger charge is -2.23. The zero-order valence-electron chi connectivity index (χ0n) is 12.3. The largest absolute Gasteiger partial charge is 0.497 e. The van der Waals surface area contributed by atoms with Crippen molar-refractivity contribution >= 4 is 5.97 Å². The molecule has 0 aliphatic heterocycles. The van der Waals surface area contributed by atoms with E-state index in [-0.39, 0.29) is 0 Å². The third-order valence-electron chi connectivity index (χ3n) is 3.40. The monoisotopic (exact) mass is 281 g/mol. The van der Waals surface area contributed by atoms with Crippen LogP contribution in [0.25, 0.3) is 0 Å². The second-order valence-corrected chi connectivity index (χ2v) is 4.87. The Kier molecular flexibility index (Phi) is 6.31. The Morgan fingerprint density at radius 1 is 1.35 bits per heavy atom. The molecule has 5 heteroatoms. The van der Waals surface area contributed by atoms with E-state index >= 15 is 0 Å². The van der Waals surface area contributed by atoms with Crippen LogP contribution in [0, 0.1) is 0 Å². The van der Waals surface area contributed by atoms with Crippen LogP contribution in [-0.4, -0.2) is 37.4 Å². The second-order valence-electron chi connectivity index (χ2n) is 4.87. The number of carboxylic acid groups (broad SMARTS) is 1. The third kappa shape index (κ3) is 4.74. The molecule has 1 rings (SSSR count). The number of unbranched alkanes of at least 4 members (excludes halogenated alkanes) is 1. The van der Waals surface area contributed by atoms with Crippen molar-refractivity contribution in [3.63, 3.8) is 0 Å². The minimum atomic E-state index is -0.865. The van der Waals surface area contributed by atoms with Crippen molar-refractivity contribution in [1.82, 2.24) is 5.32 Å². The Morgan fingerprint density at radius 3 is 2.65 bits per heavy atom. The molecule has 1 unspecified atom stereocenters. The van der Waals surface area contributed by atoms with Crippen molar-refractivity contribution in [3.8, 4) is 11.5 Å². The number of hydrogen-bond acceptors (Lipinski definition) is 4. The van der Waals surface area contributed by atoms with E-state index in [1.165, 1.54) is 0 Å². The summed E-state index contributed by atoms with van der Waals surface area (Å²) < 4.78 is 10.7. The maximum Gasteiger partial charge on any atom is 0.323 e. The van der Waals surface area contributed by atoms with Gasteiger partial charge in [0.15, 0.2) is 0 Å². The molecule has 0 saturated carbocycles. The van der Waals surface area contributed by atoms with E-state index in [4.69, 9.17) is 14.6 Å². The third-order valence-corrected chi connectivity index (χ3v) is 3.40. The first-order chi connectivity index (χ1) is 9.51. The summed E-state index contributed by atoms with van der Waals surface area (Å²) >= 11 is 0. The van der Waals surface area contributed by atoms with Crippen molar-refractivity contribution in [2.75, 3.05) is 20.8 Å². The van der Waals surface area contributed by atoms with Crippen LogP contribution in [-0.2, 0) is 4.79 Å². The quantitative estimate of drug-likeness (QED) is 0.680. The second kappa shape index (κ2) is 7.75. The van der Waals surface area contributed by atoms with Gasteiger partial charge in [-0.2, -0.15) is 0 Å². The van der Waals surface area contributed by atoms with Gasteiger partial charge in [-0.15, -0.1) is 0 Å². The van der Waals surface area contributed by atoms with Crippen LogP contribution in [0.1, 0.15) is 26.2 Å². The molecule has 1 aromatic rings. The average Bonchev–Trinajstić information content (AvgIpc) is 2.46. The van der Waals surface area contributed by atoms with Crippen molar-refractivity contribution in [1.29, 1.82) is 0 Å². The molecule has 2 N–H and O–H groups in total. The smallest absolute Gasteiger partial charge is 0.323 e. The summed E-state index contributed by atoms with van der Waals surface area (Å²) in [5.74, 6) is 0.698. The van der Waals surface area contributed by atoms with Crippen LogP contribution in [0.4, 0.5) is 0 Å². The molecule has 0 fully saturated rings. The maximum atomic E-state index is 11.1. The van der Waals surface area contributed by atoms with Gasteiger partial charge in [-0.05, 0) is 45.4 Å². The fourth-order valence-corrected chi connectivity index (χ4v) is 1.80. The van der Waals surface area contributed by atoms with Gasteiger partial charge in [-0.1, -0.05) is 6.07 Å². The lowest BCUT2D eigenvalue weighted by molar-refractivity contribution is -0.144. The zero-order valence-corrected chi connectivity index (χ0v) is 12.3. The molecule has 0 aliphatic rings. The van der Waals surface area contributed by atoms with Crippen LogP contribution in [0.3, 0.4) is 0 Å². The van der Waals surface area contributed by atoms with E-state index in [1.54, 1.807) is 21.1 Å². The first kappa shape index (κ1) is 16.3. The molecule has 5 nitrogen and oxygen atoms in total. The fourth-order valence-electron chi connectivity index (χ4n) is 1.80. The van der Waals surface area contributed by atoms with Crippen molar-refractivity contribution in [3.05, 3.63) is 24.3 Å². The van der Waals surface area contributed by atoms with Gasteiger partial charge in [-0.3, -0.25) is 4.79 Å². The highest BCUT2D eigenvalue weighted by atomic mass is 16.5. The molecular weight excluding hydrogens is 258 g/mol. The highest BCUT2D eigenvalue weighted by Gasteiger charge is 2.29. The van der Waals surface area contributed by atoms with Crippen LogP contribution in [0.15, 0.2) is 24.3 Å². The molecule has 0 heterocycles. The predicted molar refractivity (Wildman–Crippen MR) is 77.4 cm³/mol. The number of likely N-dealkylation sites (N-methyl/N-ethyl adjacent to an activating group) is 1. The molecule has 0 bridgehead atoms. The van der Waals surface area contributed by atoms with Crippen LogP contribution >= 0.6 is 0 Å². The Bertz CT molecular complexity index is 436. The number of carbonyl (C=O) groups is 1. The van der Waals surface area contributed by atoms with Gasteiger partial charge in [0.1, 0.15) is 17.0 Å². The van der Waals surface area contributed by atoms with Gasteiger partial charge >= 0.3 is 5.97 Å². The molecular formula is C15H23NO4. The van der Waals surface area contributed by atoms with E-state index in [1.807, 2.05) is 24.3 Å². The van der Waals surface area contributed by atoms with Gasteiger partial charge in [0, 0.05) is 6.07 Å². The summed E-state index contributed by atoms with van der Waals surface area (Å²) in [5.41, 5.74) is -0.865. The standard InChI is InChI=1S/C15H23NO4/c1-15(16-2,14(17)18)9-4-5-10-20-13-8-6-7-12(11-13)19-3/h6-8,11,16H,4-5,9-10H2,1-3H3,(H,17,18). The van der Waals surface area contributed by atoms with Gasteiger partial charge in [0.25, 0.3) is 0 Å². The molecule has 0 spiro atoms. The van der Waals surface area contributed by atoms with Gasteiger partial charge in [0.05, 0.1) is 13.7 Å². The van der Waals surface area contributed by atoms with Crippen molar-refractivity contribution in [2.24, 2.45) is 0 Å². The number of ether oxygens (including phenoxy) is 2. The average molecular weight is 281 g/mol. The van der Waals surface area contributed by atoms with Crippen molar-refractivity contribution in [2.45, 2.75) is 31.7 Å². The number of aliphatic carboxylic acids is 1. The Hall–Kier alpha value is -1.75. The van der Waals surface area contributed by atoms with Crippen LogP contribution in [0.2, 0.25) is 0 Å². The molecule has 0 aromatic heterocycles. The number of rotatable bonds is 9. The number of methoxy groups -OCH3 is 1. The summed E-state index contributed by atoms with van der Waals surface area (Å²) in [6.45, 7) is 2.25. The molecule has 20 heavy (non-hydrogen) atoms. The fraction of sp³-hybridized carbons (Fsp3) is 0.533. The number of benzene rings is 1. The van der Waals surface area contributed by atoms with E-state index in [9.17, 15) is 4.79 Å². The molecule has 1 atom stereocenters. The summed E-state index contributed by atoms with van der Waals surface area (Å²) in [6.07, 6.45) is 2.16. The first-order valence-corrected chi connectivity index (χ1v) is 6.71. The number of hydrogen-bond donors (Lipinski definition) is 2. The Balaban J connectivity index is 2.30. The number of carboxylic acids is 1. The molecule has 1 aromatic carbocycles. The van der Waals surface area contributed by atoms with E-state index in [0.29, 0.717) is 13.0 Å².